The third kappa shape index (κ3) is 4.90. The Labute approximate surface area is 194 Å². The molecule has 5 nitrogen and oxygen atoms in total. The molecule has 8 heteroatoms. The van der Waals surface area contributed by atoms with Crippen LogP contribution in [0.25, 0.3) is 11.3 Å². The first-order chi connectivity index (χ1) is 14.8. The van der Waals surface area contributed by atoms with E-state index >= 15 is 0 Å². The largest absolute Gasteiger partial charge is 0.492 e. The van der Waals surface area contributed by atoms with E-state index in [0.29, 0.717) is 46.6 Å². The van der Waals surface area contributed by atoms with Crippen molar-refractivity contribution in [2.24, 2.45) is 0 Å². The van der Waals surface area contributed by atoms with Gasteiger partial charge >= 0.3 is 5.97 Å². The molecule has 1 N–H and O–H groups in total. The maximum atomic E-state index is 12.8. The molecule has 3 aromatic rings. The Bertz CT molecular complexity index is 1200. The van der Waals surface area contributed by atoms with Gasteiger partial charge < -0.3 is 14.4 Å². The number of carboxylic acids is 1. The van der Waals surface area contributed by atoms with E-state index < -0.39 is 11.4 Å². The van der Waals surface area contributed by atoms with Gasteiger partial charge in [-0.2, -0.15) is 0 Å². The van der Waals surface area contributed by atoms with Gasteiger partial charge in [-0.05, 0) is 43.7 Å². The highest BCUT2D eigenvalue weighted by Gasteiger charge is 2.22. The van der Waals surface area contributed by atoms with E-state index in [0.717, 1.165) is 5.56 Å². The molecule has 0 saturated carbocycles. The van der Waals surface area contributed by atoms with Crippen LogP contribution >= 0.6 is 34.8 Å². The SMILES string of the molecule is CCOc1ccc(Cc2cc(=O)c(C(=O)O)c(-c3ccc(Cl)c(Cl)c3)n2CC)cc1Cl. The van der Waals surface area contributed by atoms with E-state index in [9.17, 15) is 14.7 Å². The molecule has 0 fully saturated rings. The summed E-state index contributed by atoms with van der Waals surface area (Å²) in [7, 11) is 0. The molecule has 2 aromatic carbocycles. The second-order valence-corrected chi connectivity index (χ2v) is 8.00. The standard InChI is InChI=1S/C23H20Cl3NO4/c1-3-27-15(9-13-5-8-20(31-4-2)18(26)10-13)12-19(28)21(23(29)30)22(27)14-6-7-16(24)17(25)11-14/h5-8,10-12H,3-4,9H2,1-2H3,(H,29,30). The van der Waals surface area contributed by atoms with Crippen molar-refractivity contribution in [3.63, 3.8) is 0 Å². The van der Waals surface area contributed by atoms with Crippen molar-refractivity contribution >= 4 is 40.8 Å². The summed E-state index contributed by atoms with van der Waals surface area (Å²) < 4.78 is 7.27. The summed E-state index contributed by atoms with van der Waals surface area (Å²) in [5.41, 5.74) is 1.40. The molecule has 0 atom stereocenters. The van der Waals surface area contributed by atoms with Gasteiger partial charge in [0.05, 0.1) is 27.4 Å². The summed E-state index contributed by atoms with van der Waals surface area (Å²) in [5.74, 6) is -0.720. The van der Waals surface area contributed by atoms with E-state index in [1.54, 1.807) is 34.9 Å². The van der Waals surface area contributed by atoms with Gasteiger partial charge in [-0.25, -0.2) is 4.79 Å². The van der Waals surface area contributed by atoms with Gasteiger partial charge in [-0.1, -0.05) is 46.9 Å². The minimum absolute atomic E-state index is 0.273. The molecule has 1 aromatic heterocycles. The Kier molecular flexibility index (Phi) is 7.31. The van der Waals surface area contributed by atoms with Crippen LogP contribution in [0.2, 0.25) is 15.1 Å². The number of rotatable bonds is 7. The molecular formula is C23H20Cl3NO4. The Morgan fingerprint density at radius 2 is 1.74 bits per heavy atom. The van der Waals surface area contributed by atoms with Crippen LogP contribution in [-0.4, -0.2) is 22.2 Å². The summed E-state index contributed by atoms with van der Waals surface area (Å²) in [4.78, 5) is 24.7. The second kappa shape index (κ2) is 9.77. The van der Waals surface area contributed by atoms with Crippen molar-refractivity contribution in [1.82, 2.24) is 4.57 Å². The number of carbonyl (C=O) groups is 1. The lowest BCUT2D eigenvalue weighted by Crippen LogP contribution is -2.23. The van der Waals surface area contributed by atoms with Gasteiger partial charge in [-0.15, -0.1) is 0 Å². The molecule has 31 heavy (non-hydrogen) atoms. The maximum absolute atomic E-state index is 12.8. The van der Waals surface area contributed by atoms with E-state index in [1.165, 1.54) is 6.07 Å². The highest BCUT2D eigenvalue weighted by atomic mass is 35.5. The highest BCUT2D eigenvalue weighted by molar-refractivity contribution is 6.42. The fraction of sp³-hybridized carbons (Fsp3) is 0.217. The lowest BCUT2D eigenvalue weighted by atomic mass is 10.0. The predicted molar refractivity (Wildman–Crippen MR) is 124 cm³/mol. The lowest BCUT2D eigenvalue weighted by Gasteiger charge is -2.20. The zero-order valence-corrected chi connectivity index (χ0v) is 19.2. The maximum Gasteiger partial charge on any atom is 0.341 e. The Balaban J connectivity index is 2.19. The molecule has 0 spiro atoms. The number of hydrogen-bond acceptors (Lipinski definition) is 3. The topological polar surface area (TPSA) is 68.5 Å². The third-order valence-electron chi connectivity index (χ3n) is 4.80. The van der Waals surface area contributed by atoms with E-state index in [-0.39, 0.29) is 16.3 Å². The first kappa shape index (κ1) is 23.2. The molecule has 0 amide bonds. The zero-order valence-electron chi connectivity index (χ0n) is 16.9. The number of hydrogen-bond donors (Lipinski definition) is 1. The fourth-order valence-electron chi connectivity index (χ4n) is 3.49. The summed E-state index contributed by atoms with van der Waals surface area (Å²) in [5, 5.41) is 10.8. The first-order valence-corrected chi connectivity index (χ1v) is 10.8. The smallest absolute Gasteiger partial charge is 0.341 e. The number of halogens is 3. The molecule has 162 valence electrons. The van der Waals surface area contributed by atoms with Crippen LogP contribution in [0.15, 0.2) is 47.3 Å². The summed E-state index contributed by atoms with van der Waals surface area (Å²) in [6.45, 7) is 4.69. The van der Waals surface area contributed by atoms with E-state index in [4.69, 9.17) is 39.5 Å². The van der Waals surface area contributed by atoms with E-state index in [1.807, 2.05) is 19.9 Å². The van der Waals surface area contributed by atoms with Crippen LogP contribution in [0.3, 0.4) is 0 Å². The van der Waals surface area contributed by atoms with Crippen LogP contribution < -0.4 is 10.2 Å². The molecule has 0 aliphatic carbocycles. The molecule has 0 saturated heterocycles. The predicted octanol–water partition coefficient (Wildman–Crippen LogP) is 6.18. The summed E-state index contributed by atoms with van der Waals surface area (Å²) >= 11 is 18.5. The molecule has 0 aliphatic rings. The van der Waals surface area contributed by atoms with Crippen molar-refractivity contribution in [3.8, 4) is 17.0 Å². The minimum atomic E-state index is -1.30. The van der Waals surface area contributed by atoms with Crippen LogP contribution in [0.5, 0.6) is 5.75 Å². The lowest BCUT2D eigenvalue weighted by molar-refractivity contribution is 0.0695. The van der Waals surface area contributed by atoms with Gasteiger partial charge in [-0.3, -0.25) is 4.79 Å². The zero-order chi connectivity index (χ0) is 22.7. The quantitative estimate of drug-likeness (QED) is 0.438. The van der Waals surface area contributed by atoms with E-state index in [2.05, 4.69) is 0 Å². The van der Waals surface area contributed by atoms with Crippen LogP contribution in [0.4, 0.5) is 0 Å². The number of aromatic nitrogens is 1. The molecule has 3 rings (SSSR count). The molecule has 0 unspecified atom stereocenters. The minimum Gasteiger partial charge on any atom is -0.492 e. The number of benzene rings is 2. The average molecular weight is 481 g/mol. The Hall–Kier alpha value is -2.47. The second-order valence-electron chi connectivity index (χ2n) is 6.78. The van der Waals surface area contributed by atoms with Crippen LogP contribution in [0.1, 0.15) is 35.5 Å². The van der Waals surface area contributed by atoms with Crippen molar-refractivity contribution in [2.75, 3.05) is 6.61 Å². The number of carboxylic acid groups (broad SMARTS) is 1. The normalized spacial score (nSPS) is 10.9. The first-order valence-electron chi connectivity index (χ1n) is 9.63. The van der Waals surface area contributed by atoms with Crippen LogP contribution in [-0.2, 0) is 13.0 Å². The highest BCUT2D eigenvalue weighted by Crippen LogP contribution is 2.32. The molecule has 0 radical (unpaired) electrons. The monoisotopic (exact) mass is 479 g/mol. The van der Waals surface area contributed by atoms with Crippen molar-refractivity contribution in [1.29, 1.82) is 0 Å². The van der Waals surface area contributed by atoms with Gasteiger partial charge in [0.2, 0.25) is 0 Å². The number of ether oxygens (including phenoxy) is 1. The van der Waals surface area contributed by atoms with Crippen LogP contribution in [0, 0.1) is 0 Å². The third-order valence-corrected chi connectivity index (χ3v) is 5.84. The fourth-order valence-corrected chi connectivity index (χ4v) is 4.05. The molecular weight excluding hydrogens is 461 g/mol. The molecule has 0 aliphatic heterocycles. The van der Waals surface area contributed by atoms with Gasteiger partial charge in [0, 0.05) is 30.3 Å². The number of nitrogens with zero attached hydrogens (tertiary/aromatic N) is 1. The Morgan fingerprint density at radius 3 is 2.32 bits per heavy atom. The average Bonchev–Trinajstić information content (AvgIpc) is 2.71. The van der Waals surface area contributed by atoms with Crippen molar-refractivity contribution < 1.29 is 14.6 Å². The summed E-state index contributed by atoms with van der Waals surface area (Å²) in [6, 6.07) is 11.6. The summed E-state index contributed by atoms with van der Waals surface area (Å²) in [6.07, 6.45) is 0.378. The van der Waals surface area contributed by atoms with Crippen molar-refractivity contribution in [3.05, 3.63) is 84.6 Å². The van der Waals surface area contributed by atoms with Gasteiger partial charge in [0.15, 0.2) is 5.43 Å². The molecule has 1 heterocycles. The van der Waals surface area contributed by atoms with Crippen molar-refractivity contribution in [2.45, 2.75) is 26.8 Å². The number of pyridine rings is 1. The van der Waals surface area contributed by atoms with Gasteiger partial charge in [0.1, 0.15) is 11.3 Å². The Morgan fingerprint density at radius 1 is 1.00 bits per heavy atom. The number of aromatic carboxylic acids is 1. The molecule has 0 bridgehead atoms. The van der Waals surface area contributed by atoms with Gasteiger partial charge in [0.25, 0.3) is 0 Å².